The molecule has 2 N–H and O–H groups in total. The topological polar surface area (TPSA) is 128 Å². The van der Waals surface area contributed by atoms with Crippen molar-refractivity contribution < 1.29 is 36.0 Å². The summed E-state index contributed by atoms with van der Waals surface area (Å²) in [7, 11) is -3.64. The van der Waals surface area contributed by atoms with E-state index in [0.29, 0.717) is 24.4 Å². The van der Waals surface area contributed by atoms with Crippen molar-refractivity contribution in [3.05, 3.63) is 29.3 Å². The van der Waals surface area contributed by atoms with Crippen LogP contribution in [0.4, 0.5) is 23.7 Å². The van der Waals surface area contributed by atoms with Gasteiger partial charge in [0.2, 0.25) is 10.0 Å². The number of aliphatic imine (C=N–C) groups is 1. The second-order valence-corrected chi connectivity index (χ2v) is 13.1. The fraction of sp³-hybridized carbons (Fsp3) is 0.615. The first-order chi connectivity index (χ1) is 18.8. The van der Waals surface area contributed by atoms with E-state index in [-0.39, 0.29) is 75.2 Å². The highest BCUT2D eigenvalue weighted by atomic mass is 32.2. The molecule has 5 rings (SSSR count). The maximum Gasteiger partial charge on any atom is 0.391 e. The highest BCUT2D eigenvalue weighted by molar-refractivity contribution is 7.89. The van der Waals surface area contributed by atoms with Gasteiger partial charge < -0.3 is 10.6 Å². The minimum absolute atomic E-state index is 0.00991. The van der Waals surface area contributed by atoms with Gasteiger partial charge in [-0.25, -0.2) is 22.4 Å². The first-order valence-corrected chi connectivity index (χ1v) is 15.1. The molecule has 3 aliphatic heterocycles. The lowest BCUT2D eigenvalue weighted by Crippen LogP contribution is -2.51. The zero-order valence-corrected chi connectivity index (χ0v) is 22.9. The Morgan fingerprint density at radius 1 is 1.07 bits per heavy atom. The number of amidine groups is 1. The third-order valence-corrected chi connectivity index (χ3v) is 10.4. The summed E-state index contributed by atoms with van der Waals surface area (Å²) in [4.78, 5) is 42.4. The van der Waals surface area contributed by atoms with E-state index in [1.165, 1.54) is 4.31 Å². The number of nitrogens with one attached hydrogen (secondary N) is 2. The smallest absolute Gasteiger partial charge is 0.328 e. The van der Waals surface area contributed by atoms with Crippen LogP contribution in [0.2, 0.25) is 0 Å². The van der Waals surface area contributed by atoms with Gasteiger partial charge in [-0.3, -0.25) is 14.6 Å². The normalized spacial score (nSPS) is 25.8. The molecule has 1 aromatic carbocycles. The second kappa shape index (κ2) is 10.4. The number of sulfonamides is 1. The van der Waals surface area contributed by atoms with E-state index >= 15 is 0 Å². The van der Waals surface area contributed by atoms with Crippen LogP contribution in [0.3, 0.4) is 0 Å². The van der Waals surface area contributed by atoms with Crippen LogP contribution in [0, 0.1) is 18.8 Å². The summed E-state index contributed by atoms with van der Waals surface area (Å²) >= 11 is 0. The van der Waals surface area contributed by atoms with E-state index in [1.807, 2.05) is 0 Å². The lowest BCUT2D eigenvalue weighted by atomic mass is 9.81. The number of carbonyl (C=O) groups excluding carboxylic acids is 3. The predicted molar refractivity (Wildman–Crippen MR) is 140 cm³/mol. The Balaban J connectivity index is 1.17. The van der Waals surface area contributed by atoms with E-state index in [1.54, 1.807) is 25.1 Å². The lowest BCUT2D eigenvalue weighted by Gasteiger charge is -2.34. The van der Waals surface area contributed by atoms with Crippen molar-refractivity contribution in [3.8, 4) is 0 Å². The van der Waals surface area contributed by atoms with Gasteiger partial charge in [-0.2, -0.15) is 13.2 Å². The van der Waals surface area contributed by atoms with Crippen LogP contribution in [-0.2, 0) is 26.0 Å². The van der Waals surface area contributed by atoms with Crippen LogP contribution < -0.4 is 15.5 Å². The highest BCUT2D eigenvalue weighted by Gasteiger charge is 2.49. The van der Waals surface area contributed by atoms with Gasteiger partial charge in [-0.15, -0.1) is 0 Å². The molecule has 3 heterocycles. The summed E-state index contributed by atoms with van der Waals surface area (Å²) in [5.41, 5.74) is 0.881. The maximum atomic E-state index is 13.1. The molecule has 0 bridgehead atoms. The van der Waals surface area contributed by atoms with E-state index in [9.17, 15) is 36.0 Å². The van der Waals surface area contributed by atoms with Crippen molar-refractivity contribution in [2.24, 2.45) is 16.8 Å². The number of nitrogens with zero attached hydrogens (tertiary/aromatic N) is 3. The SMILES string of the molecule is Cc1cc(N2C(=O)CNC2=O)ccc1CCS(=O)(=O)N1CCC2(CC1)N=C(C1CCC(C(F)(F)F)CC1)NC2=O. The molecule has 10 nitrogen and oxygen atoms in total. The Morgan fingerprint density at radius 2 is 1.75 bits per heavy atom. The second-order valence-electron chi connectivity index (χ2n) is 11.0. The molecule has 4 aliphatic rings. The molecule has 1 spiro atoms. The van der Waals surface area contributed by atoms with Crippen molar-refractivity contribution in [1.29, 1.82) is 0 Å². The summed E-state index contributed by atoms with van der Waals surface area (Å²) in [6, 6.07) is 4.51. The zero-order valence-electron chi connectivity index (χ0n) is 22.1. The molecule has 14 heteroatoms. The number of imide groups is 1. The van der Waals surface area contributed by atoms with Crippen molar-refractivity contribution in [1.82, 2.24) is 14.9 Å². The minimum Gasteiger partial charge on any atom is -0.328 e. The van der Waals surface area contributed by atoms with E-state index in [0.717, 1.165) is 16.0 Å². The molecule has 218 valence electrons. The highest BCUT2D eigenvalue weighted by Crippen LogP contribution is 2.41. The molecule has 0 radical (unpaired) electrons. The van der Waals surface area contributed by atoms with E-state index in [4.69, 9.17) is 0 Å². The van der Waals surface area contributed by atoms with Crippen LogP contribution in [0.1, 0.15) is 49.7 Å². The molecule has 2 saturated heterocycles. The molecular formula is C26H32F3N5O5S. The average molecular weight is 584 g/mol. The molecule has 1 aromatic rings. The molecule has 1 saturated carbocycles. The van der Waals surface area contributed by atoms with Gasteiger partial charge in [-0.1, -0.05) is 6.07 Å². The van der Waals surface area contributed by atoms with Gasteiger partial charge in [0.25, 0.3) is 11.8 Å². The third kappa shape index (κ3) is 5.47. The Bertz CT molecular complexity index is 1330. The fourth-order valence-electron chi connectivity index (χ4n) is 6.05. The number of rotatable bonds is 6. The molecule has 3 fully saturated rings. The standard InChI is InChI=1S/C26H32F3N5O5S/c1-16-14-20(34-21(35)15-30-24(34)37)7-4-17(16)8-13-40(38,39)33-11-9-25(10-12-33)23(36)31-22(32-25)18-2-5-19(6-3-18)26(27,28)29/h4,7,14,18-19H,2-3,5-6,8-13,15H2,1H3,(H,30,37)(H,31,32,36). The monoisotopic (exact) mass is 583 g/mol. The summed E-state index contributed by atoms with van der Waals surface area (Å²) < 4.78 is 66.7. The van der Waals surface area contributed by atoms with Crippen LogP contribution >= 0.6 is 0 Å². The average Bonchev–Trinajstić information content (AvgIpc) is 3.41. The number of aryl methyl sites for hydroxylation is 2. The van der Waals surface area contributed by atoms with Gasteiger partial charge in [0, 0.05) is 19.0 Å². The molecule has 0 atom stereocenters. The molecular weight excluding hydrogens is 551 g/mol. The van der Waals surface area contributed by atoms with Crippen LogP contribution in [0.15, 0.2) is 23.2 Å². The Kier molecular flexibility index (Phi) is 7.44. The van der Waals surface area contributed by atoms with Gasteiger partial charge in [0.05, 0.1) is 23.9 Å². The van der Waals surface area contributed by atoms with Crippen LogP contribution in [-0.4, -0.2) is 73.5 Å². The quantitative estimate of drug-likeness (QED) is 0.498. The zero-order chi connectivity index (χ0) is 28.9. The number of benzene rings is 1. The number of amides is 4. The van der Waals surface area contributed by atoms with Gasteiger partial charge >= 0.3 is 12.2 Å². The summed E-state index contributed by atoms with van der Waals surface area (Å²) in [6.45, 7) is 1.97. The maximum absolute atomic E-state index is 13.1. The van der Waals surface area contributed by atoms with Crippen molar-refractivity contribution in [2.75, 3.05) is 30.3 Å². The van der Waals surface area contributed by atoms with Gasteiger partial charge in [0.15, 0.2) is 0 Å². The Labute approximate surface area is 230 Å². The first kappa shape index (κ1) is 28.5. The Hall–Kier alpha value is -3.00. The van der Waals surface area contributed by atoms with Crippen molar-refractivity contribution in [3.63, 3.8) is 0 Å². The number of piperidine rings is 1. The largest absolute Gasteiger partial charge is 0.391 e. The number of urea groups is 1. The Morgan fingerprint density at radius 3 is 2.33 bits per heavy atom. The molecule has 1 aliphatic carbocycles. The summed E-state index contributed by atoms with van der Waals surface area (Å²) in [5, 5.41) is 5.25. The summed E-state index contributed by atoms with van der Waals surface area (Å²) in [6.07, 6.45) is -2.92. The molecule has 40 heavy (non-hydrogen) atoms. The third-order valence-electron chi connectivity index (χ3n) is 8.58. The van der Waals surface area contributed by atoms with E-state index in [2.05, 4.69) is 15.6 Å². The molecule has 4 amide bonds. The number of hydrogen-bond acceptors (Lipinski definition) is 6. The minimum atomic E-state index is -4.21. The summed E-state index contributed by atoms with van der Waals surface area (Å²) in [5.74, 6) is -1.92. The van der Waals surface area contributed by atoms with Crippen LogP contribution in [0.25, 0.3) is 0 Å². The van der Waals surface area contributed by atoms with Crippen LogP contribution in [0.5, 0.6) is 0 Å². The molecule has 0 aromatic heterocycles. The van der Waals surface area contributed by atoms with Crippen molar-refractivity contribution >= 4 is 39.4 Å². The van der Waals surface area contributed by atoms with E-state index < -0.39 is 33.7 Å². The fourth-order valence-corrected chi connectivity index (χ4v) is 7.53. The number of carbonyl (C=O) groups is 3. The lowest BCUT2D eigenvalue weighted by molar-refractivity contribution is -0.182. The van der Waals surface area contributed by atoms with Gasteiger partial charge in [0.1, 0.15) is 11.4 Å². The number of halogens is 3. The number of anilines is 1. The van der Waals surface area contributed by atoms with Crippen molar-refractivity contribution in [2.45, 2.75) is 63.6 Å². The van der Waals surface area contributed by atoms with Gasteiger partial charge in [-0.05, 0) is 75.1 Å². The number of hydrogen-bond donors (Lipinski definition) is 2. The first-order valence-electron chi connectivity index (χ1n) is 13.5. The number of alkyl halides is 3. The molecule has 0 unspecified atom stereocenters. The predicted octanol–water partition coefficient (Wildman–Crippen LogP) is 2.66.